The van der Waals surface area contributed by atoms with E-state index in [0.717, 1.165) is 4.31 Å². The van der Waals surface area contributed by atoms with Gasteiger partial charge in [0.1, 0.15) is 0 Å². The first-order chi connectivity index (χ1) is 7.35. The van der Waals surface area contributed by atoms with E-state index in [-0.39, 0.29) is 18.9 Å². The first-order valence-corrected chi connectivity index (χ1v) is 6.46. The van der Waals surface area contributed by atoms with Crippen LogP contribution in [-0.2, 0) is 24.3 Å². The zero-order valence-electron chi connectivity index (χ0n) is 10.1. The molecule has 0 aromatic carbocycles. The van der Waals surface area contributed by atoms with Crippen molar-refractivity contribution < 1.29 is 22.7 Å². The average Bonchev–Trinajstić information content (AvgIpc) is 2.24. The van der Waals surface area contributed by atoms with Gasteiger partial charge in [-0.05, 0) is 0 Å². The van der Waals surface area contributed by atoms with Crippen molar-refractivity contribution in [2.45, 2.75) is 6.92 Å². The van der Waals surface area contributed by atoms with Crippen LogP contribution in [0.25, 0.3) is 0 Å². The Bertz CT molecular complexity index is 314. The fourth-order valence-corrected chi connectivity index (χ4v) is 2.26. The topological polar surface area (TPSA) is 72.9 Å². The van der Waals surface area contributed by atoms with Gasteiger partial charge in [0.2, 0.25) is 10.0 Å². The summed E-state index contributed by atoms with van der Waals surface area (Å²) in [6.45, 7) is 1.87. The Labute approximate surface area is 96.6 Å². The number of carbonyl (C=O) groups is 1. The third-order valence-electron chi connectivity index (χ3n) is 2.15. The van der Waals surface area contributed by atoms with Crippen LogP contribution in [0.5, 0.6) is 0 Å². The van der Waals surface area contributed by atoms with Crippen LogP contribution < -0.4 is 0 Å². The highest BCUT2D eigenvalue weighted by molar-refractivity contribution is 7.89. The van der Waals surface area contributed by atoms with Crippen molar-refractivity contribution >= 4 is 16.0 Å². The van der Waals surface area contributed by atoms with E-state index in [1.807, 2.05) is 0 Å². The molecule has 0 aromatic heterocycles. The van der Waals surface area contributed by atoms with Gasteiger partial charge in [0, 0.05) is 20.7 Å². The van der Waals surface area contributed by atoms with Crippen LogP contribution in [0.2, 0.25) is 0 Å². The highest BCUT2D eigenvalue weighted by Gasteiger charge is 2.23. The van der Waals surface area contributed by atoms with Crippen LogP contribution >= 0.6 is 0 Å². The number of sulfonamides is 1. The summed E-state index contributed by atoms with van der Waals surface area (Å²) in [7, 11) is 0.789. The summed E-state index contributed by atoms with van der Waals surface area (Å²) in [5, 5.41) is 0. The normalized spacial score (nSPS) is 13.8. The second-order valence-electron chi connectivity index (χ2n) is 3.51. The monoisotopic (exact) mass is 253 g/mol. The first-order valence-electron chi connectivity index (χ1n) is 4.86. The molecule has 1 unspecified atom stereocenters. The molecular weight excluding hydrogens is 234 g/mol. The molecule has 0 spiro atoms. The van der Waals surface area contributed by atoms with Gasteiger partial charge in [-0.15, -0.1) is 0 Å². The quantitative estimate of drug-likeness (QED) is 0.583. The van der Waals surface area contributed by atoms with Gasteiger partial charge in [-0.2, -0.15) is 0 Å². The van der Waals surface area contributed by atoms with Gasteiger partial charge in [-0.3, -0.25) is 4.79 Å². The molecule has 0 fully saturated rings. The third-order valence-corrected chi connectivity index (χ3v) is 3.94. The fourth-order valence-electron chi connectivity index (χ4n) is 1.12. The Morgan fingerprint density at radius 2 is 1.94 bits per heavy atom. The molecule has 0 bridgehead atoms. The molecule has 0 aliphatic carbocycles. The molecule has 0 saturated carbocycles. The maximum Gasteiger partial charge on any atom is 0.309 e. The summed E-state index contributed by atoms with van der Waals surface area (Å²) in [5.74, 6) is -0.991. The maximum absolute atomic E-state index is 11.6. The van der Waals surface area contributed by atoms with E-state index in [2.05, 4.69) is 4.74 Å². The average molecular weight is 253 g/mol. The number of nitrogens with zero attached hydrogens (tertiary/aromatic N) is 1. The van der Waals surface area contributed by atoms with Crippen LogP contribution in [0.4, 0.5) is 0 Å². The zero-order valence-corrected chi connectivity index (χ0v) is 10.9. The molecule has 0 N–H and O–H groups in total. The SMILES string of the molecule is COCCS(=O)(=O)N(C)CC(C)C(=O)OC. The Morgan fingerprint density at radius 1 is 1.38 bits per heavy atom. The van der Waals surface area contributed by atoms with Crippen molar-refractivity contribution in [3.8, 4) is 0 Å². The van der Waals surface area contributed by atoms with E-state index < -0.39 is 21.9 Å². The molecule has 96 valence electrons. The Hall–Kier alpha value is -0.660. The summed E-state index contributed by atoms with van der Waals surface area (Å²) in [4.78, 5) is 11.1. The lowest BCUT2D eigenvalue weighted by Crippen LogP contribution is -2.36. The molecule has 0 aliphatic heterocycles. The summed E-state index contributed by atoms with van der Waals surface area (Å²) >= 11 is 0. The molecule has 0 heterocycles. The van der Waals surface area contributed by atoms with E-state index >= 15 is 0 Å². The van der Waals surface area contributed by atoms with Crippen LogP contribution in [-0.4, -0.2) is 58.9 Å². The molecule has 0 aliphatic rings. The van der Waals surface area contributed by atoms with Crippen molar-refractivity contribution in [2.75, 3.05) is 40.2 Å². The molecule has 0 radical (unpaired) electrons. The number of methoxy groups -OCH3 is 2. The van der Waals surface area contributed by atoms with Gasteiger partial charge in [0.05, 0.1) is 25.4 Å². The minimum absolute atomic E-state index is 0.0894. The Kier molecular flexibility index (Phi) is 6.54. The van der Waals surface area contributed by atoms with Gasteiger partial charge in [0.25, 0.3) is 0 Å². The summed E-state index contributed by atoms with van der Waals surface area (Å²) < 4.78 is 33.6. The predicted molar refractivity (Wildman–Crippen MR) is 59.5 cm³/mol. The van der Waals surface area contributed by atoms with Crippen LogP contribution in [0.15, 0.2) is 0 Å². The first kappa shape index (κ1) is 15.3. The molecule has 6 nitrogen and oxygen atoms in total. The standard InChI is InChI=1S/C9H19NO5S/c1-8(9(11)15-4)7-10(2)16(12,13)6-5-14-3/h8H,5-7H2,1-4H3. The van der Waals surface area contributed by atoms with Crippen LogP contribution in [0.3, 0.4) is 0 Å². The molecule has 0 amide bonds. The highest BCUT2D eigenvalue weighted by Crippen LogP contribution is 2.05. The largest absolute Gasteiger partial charge is 0.469 e. The second-order valence-corrected chi connectivity index (χ2v) is 5.71. The minimum Gasteiger partial charge on any atom is -0.469 e. The number of hydrogen-bond donors (Lipinski definition) is 0. The molecule has 0 rings (SSSR count). The molecule has 16 heavy (non-hydrogen) atoms. The highest BCUT2D eigenvalue weighted by atomic mass is 32.2. The number of carbonyl (C=O) groups excluding carboxylic acids is 1. The number of hydrogen-bond acceptors (Lipinski definition) is 5. The lowest BCUT2D eigenvalue weighted by atomic mass is 10.2. The minimum atomic E-state index is -3.36. The van der Waals surface area contributed by atoms with E-state index in [4.69, 9.17) is 4.74 Å². The van der Waals surface area contributed by atoms with E-state index in [1.165, 1.54) is 21.3 Å². The summed E-state index contributed by atoms with van der Waals surface area (Å²) in [6, 6.07) is 0. The van der Waals surface area contributed by atoms with Crippen LogP contribution in [0.1, 0.15) is 6.92 Å². The lowest BCUT2D eigenvalue weighted by molar-refractivity contribution is -0.144. The summed E-state index contributed by atoms with van der Waals surface area (Å²) in [6.07, 6.45) is 0. The molecule has 7 heteroatoms. The van der Waals surface area contributed by atoms with Crippen molar-refractivity contribution in [2.24, 2.45) is 5.92 Å². The van der Waals surface area contributed by atoms with Crippen molar-refractivity contribution in [1.82, 2.24) is 4.31 Å². The van der Waals surface area contributed by atoms with E-state index in [9.17, 15) is 13.2 Å². The fraction of sp³-hybridized carbons (Fsp3) is 0.889. The van der Waals surface area contributed by atoms with Gasteiger partial charge in [-0.1, -0.05) is 6.92 Å². The Morgan fingerprint density at radius 3 is 2.38 bits per heavy atom. The lowest BCUT2D eigenvalue weighted by Gasteiger charge is -2.19. The maximum atomic E-state index is 11.6. The molecule has 1 atom stereocenters. The Balaban J connectivity index is 4.34. The summed E-state index contributed by atoms with van der Waals surface area (Å²) in [5.41, 5.74) is 0. The zero-order chi connectivity index (χ0) is 12.8. The second kappa shape index (κ2) is 6.82. The van der Waals surface area contributed by atoms with E-state index in [1.54, 1.807) is 6.92 Å². The van der Waals surface area contributed by atoms with Gasteiger partial charge >= 0.3 is 5.97 Å². The van der Waals surface area contributed by atoms with Gasteiger partial charge < -0.3 is 9.47 Å². The van der Waals surface area contributed by atoms with Crippen molar-refractivity contribution in [3.63, 3.8) is 0 Å². The molecule has 0 saturated heterocycles. The number of ether oxygens (including phenoxy) is 2. The molecular formula is C9H19NO5S. The van der Waals surface area contributed by atoms with Crippen molar-refractivity contribution in [3.05, 3.63) is 0 Å². The van der Waals surface area contributed by atoms with Crippen molar-refractivity contribution in [1.29, 1.82) is 0 Å². The molecule has 0 aromatic rings. The van der Waals surface area contributed by atoms with E-state index in [0.29, 0.717) is 0 Å². The number of esters is 1. The third kappa shape index (κ3) is 4.91. The number of rotatable bonds is 7. The van der Waals surface area contributed by atoms with Gasteiger partial charge in [-0.25, -0.2) is 12.7 Å². The van der Waals surface area contributed by atoms with Gasteiger partial charge in [0.15, 0.2) is 0 Å². The smallest absolute Gasteiger partial charge is 0.309 e. The predicted octanol–water partition coefficient (Wildman–Crippen LogP) is -0.296. The van der Waals surface area contributed by atoms with Crippen LogP contribution in [0, 0.1) is 5.92 Å².